The Balaban J connectivity index is 1.21. The van der Waals surface area contributed by atoms with Crippen LogP contribution < -0.4 is 15.4 Å². The van der Waals surface area contributed by atoms with Gasteiger partial charge in [0, 0.05) is 31.6 Å². The summed E-state index contributed by atoms with van der Waals surface area (Å²) in [4.78, 5) is 56.3. The Morgan fingerprint density at radius 3 is 2.27 bits per heavy atom. The van der Waals surface area contributed by atoms with Crippen LogP contribution in [0, 0.1) is 22.2 Å². The first-order valence-electron chi connectivity index (χ1n) is 18.4. The lowest BCUT2D eigenvalue weighted by Gasteiger charge is -2.36. The molecule has 2 saturated heterocycles. The van der Waals surface area contributed by atoms with Gasteiger partial charge in [-0.1, -0.05) is 63.4 Å². The SMILES string of the molecule is CC(CC(C)(C)C(=O)NC(=N)N1CCC(CNC(=O)[C@@H]2CCCN2C(=O)[C@H](Cc2ccccc2)NS(C)(=O)=O)CC1)OC(=O)C1(C)CCCCC1. The summed E-state index contributed by atoms with van der Waals surface area (Å²) in [5.74, 6) is -0.972. The van der Waals surface area contributed by atoms with Crippen molar-refractivity contribution in [1.29, 1.82) is 5.41 Å². The number of benzene rings is 1. The van der Waals surface area contributed by atoms with Gasteiger partial charge in [0.05, 0.1) is 11.7 Å². The van der Waals surface area contributed by atoms with Gasteiger partial charge in [-0.3, -0.25) is 29.9 Å². The highest BCUT2D eigenvalue weighted by molar-refractivity contribution is 7.88. The summed E-state index contributed by atoms with van der Waals surface area (Å²) < 4.78 is 32.5. The van der Waals surface area contributed by atoms with Crippen LogP contribution in [0.1, 0.15) is 97.5 Å². The second kappa shape index (κ2) is 17.3. The largest absolute Gasteiger partial charge is 0.462 e. The smallest absolute Gasteiger partial charge is 0.312 e. The average Bonchev–Trinajstić information content (AvgIpc) is 3.57. The number of carbonyl (C=O) groups is 4. The van der Waals surface area contributed by atoms with Gasteiger partial charge in [0.2, 0.25) is 27.7 Å². The number of esters is 1. The maximum Gasteiger partial charge on any atom is 0.312 e. The number of nitrogens with zero attached hydrogens (tertiary/aromatic N) is 2. The molecule has 1 unspecified atom stereocenters. The van der Waals surface area contributed by atoms with E-state index in [0.717, 1.165) is 43.9 Å². The molecule has 1 aromatic carbocycles. The molecule has 3 atom stereocenters. The number of carbonyl (C=O) groups excluding carboxylic acids is 4. The molecule has 0 aromatic heterocycles. The number of ether oxygens (including phenoxy) is 1. The van der Waals surface area contributed by atoms with Crippen LogP contribution in [0.4, 0.5) is 0 Å². The third kappa shape index (κ3) is 11.5. The Hall–Kier alpha value is -3.52. The number of hydrogen-bond acceptors (Lipinski definition) is 8. The second-order valence-electron chi connectivity index (χ2n) is 15.7. The summed E-state index contributed by atoms with van der Waals surface area (Å²) in [6, 6.07) is 7.48. The van der Waals surface area contributed by atoms with E-state index < -0.39 is 44.9 Å². The fraction of sp³-hybridized carbons (Fsp3) is 0.703. The van der Waals surface area contributed by atoms with E-state index in [1.54, 1.807) is 13.8 Å². The van der Waals surface area contributed by atoms with E-state index in [2.05, 4.69) is 15.4 Å². The van der Waals surface area contributed by atoms with E-state index in [-0.39, 0.29) is 36.1 Å². The maximum absolute atomic E-state index is 13.6. The molecule has 2 aliphatic heterocycles. The highest BCUT2D eigenvalue weighted by Crippen LogP contribution is 2.38. The van der Waals surface area contributed by atoms with Crippen LogP contribution in [0.5, 0.6) is 0 Å². The maximum atomic E-state index is 13.6. The zero-order valence-corrected chi connectivity index (χ0v) is 31.8. The zero-order chi connectivity index (χ0) is 37.4. The van der Waals surface area contributed by atoms with Crippen molar-refractivity contribution in [3.8, 4) is 0 Å². The van der Waals surface area contributed by atoms with Gasteiger partial charge >= 0.3 is 5.97 Å². The van der Waals surface area contributed by atoms with Crippen LogP contribution >= 0.6 is 0 Å². The first-order chi connectivity index (χ1) is 24.0. The van der Waals surface area contributed by atoms with Crippen molar-refractivity contribution in [2.24, 2.45) is 16.7 Å². The molecule has 51 heavy (non-hydrogen) atoms. The summed E-state index contributed by atoms with van der Waals surface area (Å²) in [6.07, 6.45) is 8.49. The number of piperidine rings is 1. The van der Waals surface area contributed by atoms with Crippen LogP contribution in [0.2, 0.25) is 0 Å². The molecule has 0 radical (unpaired) electrons. The highest BCUT2D eigenvalue weighted by atomic mass is 32.2. The summed E-state index contributed by atoms with van der Waals surface area (Å²) in [6.45, 7) is 9.25. The predicted molar refractivity (Wildman–Crippen MR) is 195 cm³/mol. The standard InChI is InChI=1S/C37H58N6O7S/c1-26(50-34(47)37(4)18-10-7-11-19-37)24-36(2,3)33(46)40-35(38)42-21-16-28(17-22-42)25-39-31(44)30-15-12-20-43(30)32(45)29(41-51(5,48)49)23-27-13-8-6-9-14-27/h6,8-9,13-14,26,28-30,41H,7,10-12,15-25H2,1-5H3,(H,39,44)(H2,38,40,46)/t26?,29-,30-/m0/s1. The van der Waals surface area contributed by atoms with E-state index in [4.69, 9.17) is 10.1 Å². The minimum atomic E-state index is -3.68. The molecule has 1 aromatic rings. The first-order valence-corrected chi connectivity index (χ1v) is 20.3. The van der Waals surface area contributed by atoms with Gasteiger partial charge < -0.3 is 19.9 Å². The molecular weight excluding hydrogens is 673 g/mol. The van der Waals surface area contributed by atoms with Crippen molar-refractivity contribution in [1.82, 2.24) is 25.2 Å². The van der Waals surface area contributed by atoms with Gasteiger partial charge in [0.15, 0.2) is 5.96 Å². The molecule has 4 N–H and O–H groups in total. The van der Waals surface area contributed by atoms with Crippen molar-refractivity contribution in [3.05, 3.63) is 35.9 Å². The number of guanidine groups is 1. The third-order valence-electron chi connectivity index (χ3n) is 10.7. The lowest BCUT2D eigenvalue weighted by molar-refractivity contribution is -0.164. The van der Waals surface area contributed by atoms with Crippen LogP contribution in [0.25, 0.3) is 0 Å². The highest BCUT2D eigenvalue weighted by Gasteiger charge is 2.40. The molecule has 0 spiro atoms. The van der Waals surface area contributed by atoms with Gasteiger partial charge in [-0.25, -0.2) is 13.1 Å². The average molecular weight is 731 g/mol. The first kappa shape index (κ1) is 40.3. The zero-order valence-electron chi connectivity index (χ0n) is 31.0. The molecule has 4 rings (SSSR count). The summed E-state index contributed by atoms with van der Waals surface area (Å²) >= 11 is 0. The van der Waals surface area contributed by atoms with Gasteiger partial charge in [0.1, 0.15) is 18.2 Å². The van der Waals surface area contributed by atoms with Crippen molar-refractivity contribution in [2.45, 2.75) is 117 Å². The van der Waals surface area contributed by atoms with Crippen LogP contribution in [0.3, 0.4) is 0 Å². The second-order valence-corrected chi connectivity index (χ2v) is 17.5. The van der Waals surface area contributed by atoms with E-state index in [1.165, 1.54) is 4.90 Å². The topological polar surface area (TPSA) is 178 Å². The number of amides is 3. The Labute approximate surface area is 303 Å². The molecular formula is C37H58N6O7S. The van der Waals surface area contributed by atoms with E-state index in [9.17, 15) is 27.6 Å². The number of rotatable bonds is 13. The Morgan fingerprint density at radius 2 is 1.65 bits per heavy atom. The molecule has 284 valence electrons. The summed E-state index contributed by atoms with van der Waals surface area (Å²) in [7, 11) is -3.68. The fourth-order valence-corrected chi connectivity index (χ4v) is 8.29. The molecule has 14 heteroatoms. The van der Waals surface area contributed by atoms with Gasteiger partial charge in [0.25, 0.3) is 0 Å². The Kier molecular flexibility index (Phi) is 13.7. The van der Waals surface area contributed by atoms with Crippen LogP contribution in [-0.4, -0.2) is 98.5 Å². The van der Waals surface area contributed by atoms with Crippen LogP contribution in [-0.2, 0) is 40.4 Å². The molecule has 0 bridgehead atoms. The van der Waals surface area contributed by atoms with E-state index in [1.807, 2.05) is 49.1 Å². The lowest BCUT2D eigenvalue weighted by atomic mass is 9.76. The van der Waals surface area contributed by atoms with E-state index in [0.29, 0.717) is 58.3 Å². The normalized spacial score (nSPS) is 21.0. The van der Waals surface area contributed by atoms with Gasteiger partial charge in [-0.15, -0.1) is 0 Å². The summed E-state index contributed by atoms with van der Waals surface area (Å²) in [5.41, 5.74) is -0.511. The van der Waals surface area contributed by atoms with Gasteiger partial charge in [-0.05, 0) is 76.7 Å². The minimum absolute atomic E-state index is 0.0304. The quantitative estimate of drug-likeness (QED) is 0.136. The van der Waals surface area contributed by atoms with Crippen molar-refractivity contribution in [2.75, 3.05) is 32.4 Å². The lowest BCUT2D eigenvalue weighted by Crippen LogP contribution is -2.54. The number of nitrogens with one attached hydrogen (secondary N) is 4. The molecule has 3 aliphatic rings. The van der Waals surface area contributed by atoms with E-state index >= 15 is 0 Å². The molecule has 2 heterocycles. The monoisotopic (exact) mass is 730 g/mol. The summed E-state index contributed by atoms with van der Waals surface area (Å²) in [5, 5.41) is 14.4. The van der Waals surface area contributed by atoms with Gasteiger partial charge in [-0.2, -0.15) is 0 Å². The number of sulfonamides is 1. The number of hydrogen-bond donors (Lipinski definition) is 4. The minimum Gasteiger partial charge on any atom is -0.462 e. The van der Waals surface area contributed by atoms with Crippen LogP contribution in [0.15, 0.2) is 30.3 Å². The third-order valence-corrected chi connectivity index (χ3v) is 11.4. The molecule has 1 saturated carbocycles. The fourth-order valence-electron chi connectivity index (χ4n) is 7.58. The molecule has 1 aliphatic carbocycles. The molecule has 13 nitrogen and oxygen atoms in total. The molecule has 3 fully saturated rings. The van der Waals surface area contributed by atoms with Crippen molar-refractivity contribution in [3.63, 3.8) is 0 Å². The predicted octanol–water partition coefficient (Wildman–Crippen LogP) is 3.34. The Bertz CT molecular complexity index is 1500. The molecule has 3 amide bonds. The van der Waals surface area contributed by atoms with Crippen molar-refractivity contribution >= 4 is 39.7 Å². The van der Waals surface area contributed by atoms with Crippen molar-refractivity contribution < 1.29 is 32.3 Å². The Morgan fingerprint density at radius 1 is 1.00 bits per heavy atom. The number of likely N-dealkylation sites (tertiary alicyclic amines) is 2.